The Morgan fingerprint density at radius 3 is 2.57 bits per heavy atom. The molecule has 23 heavy (non-hydrogen) atoms. The van der Waals surface area contributed by atoms with E-state index in [1.54, 1.807) is 0 Å². The number of carbonyl (C=O) groups is 1. The van der Waals surface area contributed by atoms with Crippen molar-refractivity contribution in [3.63, 3.8) is 0 Å². The molecule has 1 aromatic carbocycles. The summed E-state index contributed by atoms with van der Waals surface area (Å²) in [5, 5.41) is 9.52. The van der Waals surface area contributed by atoms with Gasteiger partial charge in [0.05, 0.1) is 6.07 Å². The van der Waals surface area contributed by atoms with Crippen molar-refractivity contribution in [3.05, 3.63) is 35.9 Å². The Morgan fingerprint density at radius 2 is 1.87 bits per heavy atom. The molecule has 4 nitrogen and oxygen atoms in total. The molecule has 1 unspecified atom stereocenters. The largest absolute Gasteiger partial charge is 0.339 e. The predicted molar refractivity (Wildman–Crippen MR) is 89.4 cm³/mol. The number of amides is 1. The zero-order valence-electron chi connectivity index (χ0n) is 13.7. The molecule has 1 aliphatic heterocycles. The van der Waals surface area contributed by atoms with Crippen molar-refractivity contribution in [1.29, 1.82) is 5.26 Å². The smallest absolute Gasteiger partial charge is 0.225 e. The van der Waals surface area contributed by atoms with E-state index in [2.05, 4.69) is 23.1 Å². The van der Waals surface area contributed by atoms with Crippen LogP contribution in [0.15, 0.2) is 30.3 Å². The van der Waals surface area contributed by atoms with Crippen LogP contribution in [-0.2, 0) is 11.3 Å². The van der Waals surface area contributed by atoms with Gasteiger partial charge in [-0.3, -0.25) is 9.69 Å². The zero-order chi connectivity index (χ0) is 16.1. The van der Waals surface area contributed by atoms with Crippen LogP contribution in [0, 0.1) is 17.2 Å². The zero-order valence-corrected chi connectivity index (χ0v) is 13.7. The fourth-order valence-electron chi connectivity index (χ4n) is 3.76. The number of hydrogen-bond donors (Lipinski definition) is 0. The number of carbonyl (C=O) groups excluding carboxylic acids is 1. The molecule has 1 aliphatic carbocycles. The number of hydrogen-bond acceptors (Lipinski definition) is 3. The van der Waals surface area contributed by atoms with Gasteiger partial charge in [0.25, 0.3) is 0 Å². The SMILES string of the molecule is N#CC1CN(C(=O)C2CCCCC2)CCN1Cc1ccccc1. The highest BCUT2D eigenvalue weighted by Gasteiger charge is 2.33. The van der Waals surface area contributed by atoms with Crippen molar-refractivity contribution in [2.75, 3.05) is 19.6 Å². The summed E-state index contributed by atoms with van der Waals surface area (Å²) in [6.07, 6.45) is 5.66. The second-order valence-electron chi connectivity index (χ2n) is 6.72. The molecule has 1 saturated carbocycles. The van der Waals surface area contributed by atoms with Crippen LogP contribution in [0.3, 0.4) is 0 Å². The van der Waals surface area contributed by atoms with Gasteiger partial charge in [-0.25, -0.2) is 0 Å². The summed E-state index contributed by atoms with van der Waals surface area (Å²) in [5.74, 6) is 0.480. The van der Waals surface area contributed by atoms with Crippen molar-refractivity contribution in [1.82, 2.24) is 9.80 Å². The summed E-state index contributed by atoms with van der Waals surface area (Å²) in [6, 6.07) is 12.4. The second kappa shape index (κ2) is 7.61. The Bertz CT molecular complexity index is 560. The van der Waals surface area contributed by atoms with Crippen molar-refractivity contribution in [2.24, 2.45) is 5.92 Å². The molecule has 0 N–H and O–H groups in total. The van der Waals surface area contributed by atoms with Gasteiger partial charge in [0.2, 0.25) is 5.91 Å². The average molecular weight is 311 g/mol. The quantitative estimate of drug-likeness (QED) is 0.862. The summed E-state index contributed by atoms with van der Waals surface area (Å²) in [4.78, 5) is 16.8. The summed E-state index contributed by atoms with van der Waals surface area (Å²) in [7, 11) is 0. The van der Waals surface area contributed by atoms with Gasteiger partial charge < -0.3 is 4.90 Å². The van der Waals surface area contributed by atoms with E-state index in [-0.39, 0.29) is 17.9 Å². The monoisotopic (exact) mass is 311 g/mol. The number of nitriles is 1. The van der Waals surface area contributed by atoms with Crippen molar-refractivity contribution < 1.29 is 4.79 Å². The first-order valence-electron chi connectivity index (χ1n) is 8.74. The third kappa shape index (κ3) is 3.92. The van der Waals surface area contributed by atoms with Gasteiger partial charge in [-0.15, -0.1) is 0 Å². The lowest BCUT2D eigenvalue weighted by Crippen LogP contribution is -2.55. The molecule has 1 aromatic rings. The lowest BCUT2D eigenvalue weighted by molar-refractivity contribution is -0.139. The minimum Gasteiger partial charge on any atom is -0.339 e. The van der Waals surface area contributed by atoms with E-state index in [0.29, 0.717) is 6.54 Å². The summed E-state index contributed by atoms with van der Waals surface area (Å²) < 4.78 is 0. The van der Waals surface area contributed by atoms with Crippen LogP contribution in [0.5, 0.6) is 0 Å². The molecule has 1 heterocycles. The highest BCUT2D eigenvalue weighted by Crippen LogP contribution is 2.26. The number of piperazine rings is 1. The van der Waals surface area contributed by atoms with Crippen LogP contribution in [0.25, 0.3) is 0 Å². The summed E-state index contributed by atoms with van der Waals surface area (Å²) >= 11 is 0. The van der Waals surface area contributed by atoms with Crippen LogP contribution in [-0.4, -0.2) is 41.4 Å². The Balaban J connectivity index is 1.60. The predicted octanol–water partition coefficient (Wildman–Crippen LogP) is 2.80. The molecule has 1 atom stereocenters. The molecule has 3 rings (SSSR count). The third-order valence-corrected chi connectivity index (χ3v) is 5.13. The van der Waals surface area contributed by atoms with Crippen LogP contribution in [0.4, 0.5) is 0 Å². The van der Waals surface area contributed by atoms with E-state index in [1.807, 2.05) is 23.1 Å². The van der Waals surface area contributed by atoms with Crippen LogP contribution in [0.2, 0.25) is 0 Å². The molecule has 2 fully saturated rings. The Labute approximate surface area is 138 Å². The minimum absolute atomic E-state index is 0.198. The van der Waals surface area contributed by atoms with Crippen molar-refractivity contribution >= 4 is 5.91 Å². The maximum absolute atomic E-state index is 12.7. The first-order chi connectivity index (χ1) is 11.3. The standard InChI is InChI=1S/C19H25N3O/c20-13-18-15-22(19(23)17-9-5-2-6-10-17)12-11-21(18)14-16-7-3-1-4-8-16/h1,3-4,7-8,17-18H,2,5-6,9-12,14-15H2. The van der Waals surface area contributed by atoms with Crippen LogP contribution in [0.1, 0.15) is 37.7 Å². The maximum Gasteiger partial charge on any atom is 0.225 e. The van der Waals surface area contributed by atoms with E-state index >= 15 is 0 Å². The van der Waals surface area contributed by atoms with Gasteiger partial charge in [0, 0.05) is 32.1 Å². The van der Waals surface area contributed by atoms with Gasteiger partial charge in [0.1, 0.15) is 6.04 Å². The van der Waals surface area contributed by atoms with E-state index in [4.69, 9.17) is 0 Å². The molecular weight excluding hydrogens is 286 g/mol. The fraction of sp³-hybridized carbons (Fsp3) is 0.579. The Hall–Kier alpha value is -1.86. The summed E-state index contributed by atoms with van der Waals surface area (Å²) in [5.41, 5.74) is 1.22. The lowest BCUT2D eigenvalue weighted by atomic mass is 9.88. The molecule has 0 bridgehead atoms. The molecule has 2 aliphatic rings. The highest BCUT2D eigenvalue weighted by molar-refractivity contribution is 5.79. The van der Waals surface area contributed by atoms with Crippen LogP contribution >= 0.6 is 0 Å². The second-order valence-corrected chi connectivity index (χ2v) is 6.72. The number of nitrogens with zero attached hydrogens (tertiary/aromatic N) is 3. The Kier molecular flexibility index (Phi) is 5.30. The van der Waals surface area contributed by atoms with Crippen molar-refractivity contribution in [3.8, 4) is 6.07 Å². The molecule has 122 valence electrons. The fourth-order valence-corrected chi connectivity index (χ4v) is 3.76. The first-order valence-corrected chi connectivity index (χ1v) is 8.74. The van der Waals surface area contributed by atoms with Gasteiger partial charge in [-0.05, 0) is 18.4 Å². The molecule has 1 saturated heterocycles. The van der Waals surface area contributed by atoms with E-state index in [1.165, 1.54) is 24.8 Å². The van der Waals surface area contributed by atoms with E-state index in [0.717, 1.165) is 32.5 Å². The number of benzene rings is 1. The molecular formula is C19H25N3O. The first kappa shape index (κ1) is 16.0. The molecule has 1 amide bonds. The van der Waals surface area contributed by atoms with E-state index < -0.39 is 0 Å². The third-order valence-electron chi connectivity index (χ3n) is 5.13. The van der Waals surface area contributed by atoms with Gasteiger partial charge >= 0.3 is 0 Å². The molecule has 0 radical (unpaired) electrons. The average Bonchev–Trinajstić information content (AvgIpc) is 2.63. The molecule has 4 heteroatoms. The Morgan fingerprint density at radius 1 is 1.13 bits per heavy atom. The normalized spacial score (nSPS) is 23.4. The minimum atomic E-state index is -0.198. The summed E-state index contributed by atoms with van der Waals surface area (Å²) in [6.45, 7) is 2.87. The molecule has 0 spiro atoms. The molecule has 0 aromatic heterocycles. The topological polar surface area (TPSA) is 47.3 Å². The van der Waals surface area contributed by atoms with Crippen molar-refractivity contribution in [2.45, 2.75) is 44.7 Å². The van der Waals surface area contributed by atoms with Gasteiger partial charge in [0.15, 0.2) is 0 Å². The van der Waals surface area contributed by atoms with E-state index in [9.17, 15) is 10.1 Å². The number of rotatable bonds is 3. The lowest BCUT2D eigenvalue weighted by Gasteiger charge is -2.40. The van der Waals surface area contributed by atoms with Gasteiger partial charge in [-0.2, -0.15) is 5.26 Å². The maximum atomic E-state index is 12.7. The highest BCUT2D eigenvalue weighted by atomic mass is 16.2. The van der Waals surface area contributed by atoms with Gasteiger partial charge in [-0.1, -0.05) is 49.6 Å². The van der Waals surface area contributed by atoms with Crippen LogP contribution < -0.4 is 0 Å².